The van der Waals surface area contributed by atoms with Crippen molar-refractivity contribution in [2.24, 2.45) is 0 Å². The maximum Gasteiger partial charge on any atom is 0.416 e. The maximum atomic E-state index is 13.3. The van der Waals surface area contributed by atoms with E-state index in [0.717, 1.165) is 17.0 Å². The second-order valence-corrected chi connectivity index (χ2v) is 6.23. The van der Waals surface area contributed by atoms with Crippen molar-refractivity contribution in [3.05, 3.63) is 71.0 Å². The molecule has 1 N–H and O–H groups in total. The zero-order chi connectivity index (χ0) is 20.5. The van der Waals surface area contributed by atoms with E-state index >= 15 is 0 Å². The van der Waals surface area contributed by atoms with E-state index in [2.05, 4.69) is 5.32 Å². The molecule has 28 heavy (non-hydrogen) atoms. The van der Waals surface area contributed by atoms with Gasteiger partial charge in [0.15, 0.2) is 6.10 Å². The minimum Gasteiger partial charge on any atom is -0.439 e. The van der Waals surface area contributed by atoms with Crippen molar-refractivity contribution in [2.45, 2.75) is 18.3 Å². The van der Waals surface area contributed by atoms with E-state index in [9.17, 15) is 27.2 Å². The van der Waals surface area contributed by atoms with Crippen LogP contribution in [-0.4, -0.2) is 30.5 Å². The number of halogens is 4. The van der Waals surface area contributed by atoms with Crippen LogP contribution < -0.4 is 5.32 Å². The zero-order valence-electron chi connectivity index (χ0n) is 14.7. The molecule has 148 valence electrons. The largest absolute Gasteiger partial charge is 0.439 e. The van der Waals surface area contributed by atoms with Gasteiger partial charge >= 0.3 is 12.3 Å². The topological polar surface area (TPSA) is 58.6 Å². The van der Waals surface area contributed by atoms with Crippen LogP contribution in [0.1, 0.15) is 28.8 Å². The third-order valence-corrected chi connectivity index (χ3v) is 4.43. The highest BCUT2D eigenvalue weighted by molar-refractivity contribution is 5.83. The zero-order valence-corrected chi connectivity index (χ0v) is 14.7. The summed E-state index contributed by atoms with van der Waals surface area (Å²) in [5.41, 5.74) is -0.334. The first-order chi connectivity index (χ1) is 13.2. The summed E-state index contributed by atoms with van der Waals surface area (Å²) in [5.74, 6) is -0.990. The molecule has 9 heteroatoms. The van der Waals surface area contributed by atoms with Crippen LogP contribution in [0.3, 0.4) is 0 Å². The Kier molecular flexibility index (Phi) is 5.26. The van der Waals surface area contributed by atoms with Crippen LogP contribution in [0.5, 0.6) is 0 Å². The summed E-state index contributed by atoms with van der Waals surface area (Å²) in [6.45, 7) is -0.354. The Morgan fingerprint density at radius 1 is 1.14 bits per heavy atom. The molecule has 1 heterocycles. The average Bonchev–Trinajstić information content (AvgIpc) is 2.98. The molecule has 1 fully saturated rings. The first-order valence-corrected chi connectivity index (χ1v) is 8.31. The second-order valence-electron chi connectivity index (χ2n) is 6.23. The van der Waals surface area contributed by atoms with Gasteiger partial charge in [0.2, 0.25) is 5.91 Å². The summed E-state index contributed by atoms with van der Waals surface area (Å²) in [4.78, 5) is 25.3. The SMILES string of the molecule is CNC(=O)CN1C(=O)OC(c2cccc(C(F)(F)F)c2)C1c1ccc(F)cc1. The third-order valence-electron chi connectivity index (χ3n) is 4.43. The predicted molar refractivity (Wildman–Crippen MR) is 90.6 cm³/mol. The van der Waals surface area contributed by atoms with E-state index in [4.69, 9.17) is 4.74 Å². The first kappa shape index (κ1) is 19.7. The van der Waals surface area contributed by atoms with Crippen LogP contribution >= 0.6 is 0 Å². The number of ether oxygens (including phenoxy) is 1. The molecule has 1 aliphatic rings. The van der Waals surface area contributed by atoms with E-state index < -0.39 is 41.7 Å². The molecule has 1 aliphatic heterocycles. The van der Waals surface area contributed by atoms with Crippen molar-refractivity contribution < 1.29 is 31.9 Å². The molecule has 2 aromatic carbocycles. The van der Waals surface area contributed by atoms with Gasteiger partial charge in [-0.05, 0) is 35.4 Å². The molecule has 0 aliphatic carbocycles. The van der Waals surface area contributed by atoms with Crippen LogP contribution in [-0.2, 0) is 15.7 Å². The molecule has 0 radical (unpaired) electrons. The minimum atomic E-state index is -4.56. The van der Waals surface area contributed by atoms with Crippen LogP contribution in [0.15, 0.2) is 48.5 Å². The number of likely N-dealkylation sites (N-methyl/N-ethyl adjacent to an activating group) is 1. The number of alkyl halides is 3. The van der Waals surface area contributed by atoms with Gasteiger partial charge in [-0.1, -0.05) is 24.3 Å². The molecule has 0 saturated carbocycles. The predicted octanol–water partition coefficient (Wildman–Crippen LogP) is 3.83. The van der Waals surface area contributed by atoms with Gasteiger partial charge in [-0.25, -0.2) is 9.18 Å². The first-order valence-electron chi connectivity index (χ1n) is 8.31. The molecular formula is C19H16F4N2O3. The highest BCUT2D eigenvalue weighted by Crippen LogP contribution is 2.44. The molecule has 0 aromatic heterocycles. The number of nitrogens with one attached hydrogen (secondary N) is 1. The van der Waals surface area contributed by atoms with E-state index in [0.29, 0.717) is 5.56 Å². The van der Waals surface area contributed by atoms with Gasteiger partial charge in [0.25, 0.3) is 0 Å². The smallest absolute Gasteiger partial charge is 0.416 e. The summed E-state index contributed by atoms with van der Waals surface area (Å²) < 4.78 is 57.9. The van der Waals surface area contributed by atoms with E-state index in [1.54, 1.807) is 0 Å². The fourth-order valence-corrected chi connectivity index (χ4v) is 3.07. The number of carbonyl (C=O) groups excluding carboxylic acids is 2. The number of amides is 2. The van der Waals surface area contributed by atoms with Crippen molar-refractivity contribution in [3.63, 3.8) is 0 Å². The normalized spacial score (nSPS) is 19.5. The van der Waals surface area contributed by atoms with Crippen LogP contribution in [0.2, 0.25) is 0 Å². The Balaban J connectivity index is 2.05. The molecule has 1 saturated heterocycles. The molecular weight excluding hydrogens is 380 g/mol. The van der Waals surface area contributed by atoms with Gasteiger partial charge in [-0.2, -0.15) is 13.2 Å². The summed E-state index contributed by atoms with van der Waals surface area (Å²) >= 11 is 0. The molecule has 2 amide bonds. The van der Waals surface area contributed by atoms with Crippen molar-refractivity contribution in [2.75, 3.05) is 13.6 Å². The quantitative estimate of drug-likeness (QED) is 0.800. The Bertz CT molecular complexity index is 883. The van der Waals surface area contributed by atoms with Gasteiger partial charge in [0.05, 0.1) is 5.56 Å². The highest BCUT2D eigenvalue weighted by Gasteiger charge is 2.45. The standard InChI is InChI=1S/C19H16F4N2O3/c1-24-15(26)10-25-16(11-5-7-14(20)8-6-11)17(28-18(25)27)12-3-2-4-13(9-12)19(21,22)23/h2-9,16-17H,10H2,1H3,(H,24,26). The molecule has 0 bridgehead atoms. The number of carbonyl (C=O) groups is 2. The lowest BCUT2D eigenvalue weighted by Crippen LogP contribution is -2.37. The molecule has 2 atom stereocenters. The lowest BCUT2D eigenvalue weighted by molar-refractivity contribution is -0.137. The number of benzene rings is 2. The van der Waals surface area contributed by atoms with E-state index in [-0.39, 0.29) is 12.1 Å². The summed E-state index contributed by atoms with van der Waals surface area (Å²) in [6, 6.07) is 8.68. The third kappa shape index (κ3) is 3.92. The number of rotatable bonds is 4. The molecule has 2 unspecified atom stereocenters. The van der Waals surface area contributed by atoms with Crippen molar-refractivity contribution >= 4 is 12.0 Å². The second kappa shape index (κ2) is 7.49. The van der Waals surface area contributed by atoms with Crippen LogP contribution in [0.25, 0.3) is 0 Å². The van der Waals surface area contributed by atoms with Gasteiger partial charge in [0, 0.05) is 7.05 Å². The average molecular weight is 396 g/mol. The number of nitrogens with zero attached hydrogens (tertiary/aromatic N) is 1. The van der Waals surface area contributed by atoms with Gasteiger partial charge < -0.3 is 10.1 Å². The molecule has 2 aromatic rings. The lowest BCUT2D eigenvalue weighted by Gasteiger charge is -2.25. The molecule has 3 rings (SSSR count). The molecule has 5 nitrogen and oxygen atoms in total. The van der Waals surface area contributed by atoms with Gasteiger partial charge in [-0.15, -0.1) is 0 Å². The van der Waals surface area contributed by atoms with Gasteiger partial charge in [-0.3, -0.25) is 9.69 Å². The monoisotopic (exact) mass is 396 g/mol. The van der Waals surface area contributed by atoms with Gasteiger partial charge in [0.1, 0.15) is 18.4 Å². The Hall–Kier alpha value is -3.10. The fourth-order valence-electron chi connectivity index (χ4n) is 3.07. The minimum absolute atomic E-state index is 0.122. The lowest BCUT2D eigenvalue weighted by atomic mass is 9.94. The Morgan fingerprint density at radius 2 is 1.82 bits per heavy atom. The van der Waals surface area contributed by atoms with Crippen LogP contribution in [0.4, 0.5) is 22.4 Å². The number of hydrogen-bond donors (Lipinski definition) is 1. The summed E-state index contributed by atoms with van der Waals surface area (Å²) in [6.07, 6.45) is -6.50. The summed E-state index contributed by atoms with van der Waals surface area (Å²) in [5, 5.41) is 2.38. The van der Waals surface area contributed by atoms with Crippen LogP contribution in [0, 0.1) is 5.82 Å². The molecule has 0 spiro atoms. The van der Waals surface area contributed by atoms with E-state index in [1.165, 1.54) is 43.4 Å². The summed E-state index contributed by atoms with van der Waals surface area (Å²) in [7, 11) is 1.39. The Morgan fingerprint density at radius 3 is 2.43 bits per heavy atom. The number of hydrogen-bond acceptors (Lipinski definition) is 3. The maximum absolute atomic E-state index is 13.3. The fraction of sp³-hybridized carbons (Fsp3) is 0.263. The van der Waals surface area contributed by atoms with Crippen molar-refractivity contribution in [3.8, 4) is 0 Å². The van der Waals surface area contributed by atoms with Crippen molar-refractivity contribution in [1.82, 2.24) is 10.2 Å². The highest BCUT2D eigenvalue weighted by atomic mass is 19.4. The Labute approximate surface area is 157 Å². The number of cyclic esters (lactones) is 1. The van der Waals surface area contributed by atoms with E-state index in [1.807, 2.05) is 0 Å². The van der Waals surface area contributed by atoms with Crippen molar-refractivity contribution in [1.29, 1.82) is 0 Å².